The highest BCUT2D eigenvalue weighted by Gasteiger charge is 2.18. The van der Waals surface area contributed by atoms with E-state index in [1.807, 2.05) is 0 Å². The molecule has 5 nitrogen and oxygen atoms in total. The van der Waals surface area contributed by atoms with Gasteiger partial charge in [-0.3, -0.25) is 9.89 Å². The van der Waals surface area contributed by atoms with Crippen molar-refractivity contribution >= 4 is 5.96 Å². The Morgan fingerprint density at radius 1 is 1.23 bits per heavy atom. The van der Waals surface area contributed by atoms with Crippen molar-refractivity contribution in [2.75, 3.05) is 19.6 Å². The van der Waals surface area contributed by atoms with E-state index < -0.39 is 6.10 Å². The van der Waals surface area contributed by atoms with Crippen LogP contribution in [0.2, 0.25) is 0 Å². The predicted octanol–water partition coefficient (Wildman–Crippen LogP) is 2.52. The summed E-state index contributed by atoms with van der Waals surface area (Å²) in [7, 11) is 0. The molecule has 2 rings (SSSR count). The van der Waals surface area contributed by atoms with Crippen LogP contribution in [0.1, 0.15) is 51.2 Å². The van der Waals surface area contributed by atoms with E-state index in [4.69, 9.17) is 5.73 Å². The molecule has 1 aliphatic heterocycles. The fraction of sp³-hybridized carbons (Fsp3) is 0.667. The molecule has 0 spiro atoms. The van der Waals surface area contributed by atoms with Gasteiger partial charge in [0.15, 0.2) is 5.96 Å². The predicted molar refractivity (Wildman–Crippen MR) is 109 cm³/mol. The highest BCUT2D eigenvalue weighted by molar-refractivity contribution is 5.78. The van der Waals surface area contributed by atoms with Crippen molar-refractivity contribution in [3.05, 3.63) is 35.4 Å². The third-order valence-corrected chi connectivity index (χ3v) is 4.96. The Kier molecular flexibility index (Phi) is 8.39. The van der Waals surface area contributed by atoms with Crippen LogP contribution in [-0.4, -0.2) is 47.7 Å². The van der Waals surface area contributed by atoms with Crippen LogP contribution in [0.5, 0.6) is 0 Å². The summed E-state index contributed by atoms with van der Waals surface area (Å²) in [6.45, 7) is 9.48. The number of hydrogen-bond acceptors (Lipinski definition) is 3. The van der Waals surface area contributed by atoms with Gasteiger partial charge in [0.05, 0.1) is 12.6 Å². The van der Waals surface area contributed by atoms with Crippen LogP contribution in [0.3, 0.4) is 0 Å². The molecule has 0 amide bonds. The van der Waals surface area contributed by atoms with E-state index in [2.05, 4.69) is 60.2 Å². The van der Waals surface area contributed by atoms with Crippen molar-refractivity contribution in [3.63, 3.8) is 0 Å². The van der Waals surface area contributed by atoms with E-state index in [1.165, 1.54) is 24.0 Å². The average molecular weight is 361 g/mol. The van der Waals surface area contributed by atoms with Crippen molar-refractivity contribution in [2.45, 2.75) is 65.1 Å². The second-order valence-corrected chi connectivity index (χ2v) is 8.00. The van der Waals surface area contributed by atoms with Crippen molar-refractivity contribution < 1.29 is 5.11 Å². The molecule has 4 N–H and O–H groups in total. The van der Waals surface area contributed by atoms with E-state index in [0.29, 0.717) is 25.1 Å². The van der Waals surface area contributed by atoms with Crippen molar-refractivity contribution in [3.8, 4) is 0 Å². The maximum absolute atomic E-state index is 10.3. The van der Waals surface area contributed by atoms with E-state index >= 15 is 0 Å². The molecule has 1 aromatic rings. The molecule has 1 heterocycles. The van der Waals surface area contributed by atoms with Crippen LogP contribution in [0, 0.1) is 5.92 Å². The van der Waals surface area contributed by atoms with Gasteiger partial charge >= 0.3 is 0 Å². The van der Waals surface area contributed by atoms with Crippen molar-refractivity contribution in [1.82, 2.24) is 10.2 Å². The second kappa shape index (κ2) is 10.5. The van der Waals surface area contributed by atoms with E-state index in [1.54, 1.807) is 0 Å². The normalized spacial score (nSPS) is 17.8. The molecular formula is C21H36N4O. The minimum Gasteiger partial charge on any atom is -0.390 e. The lowest BCUT2D eigenvalue weighted by Gasteiger charge is -2.30. The van der Waals surface area contributed by atoms with Gasteiger partial charge in [-0.05, 0) is 36.8 Å². The summed E-state index contributed by atoms with van der Waals surface area (Å²) in [5.74, 6) is 1.18. The first-order valence-electron chi connectivity index (χ1n) is 9.97. The van der Waals surface area contributed by atoms with Gasteiger partial charge in [-0.1, -0.05) is 51.0 Å². The molecule has 0 bridgehead atoms. The molecule has 0 aromatic heterocycles. The van der Waals surface area contributed by atoms with Gasteiger partial charge in [0.2, 0.25) is 0 Å². The largest absolute Gasteiger partial charge is 0.390 e. The van der Waals surface area contributed by atoms with Crippen LogP contribution < -0.4 is 11.1 Å². The number of aliphatic imine (C=N–C) groups is 1. The Morgan fingerprint density at radius 2 is 1.96 bits per heavy atom. The molecule has 2 atom stereocenters. The van der Waals surface area contributed by atoms with Gasteiger partial charge in [0.1, 0.15) is 0 Å². The lowest BCUT2D eigenvalue weighted by Crippen LogP contribution is -2.40. The van der Waals surface area contributed by atoms with E-state index in [-0.39, 0.29) is 0 Å². The van der Waals surface area contributed by atoms with Gasteiger partial charge in [-0.25, -0.2) is 0 Å². The Bertz CT molecular complexity index is 573. The average Bonchev–Trinajstić information content (AvgIpc) is 2.59. The third-order valence-electron chi connectivity index (χ3n) is 4.96. The standard InChI is InChI=1S/C21H36N4O/c1-16(2)7-6-8-17(3)24-21(22)23-13-20(26)15-25-12-11-18-9-4-5-10-19(18)14-25/h4-5,9-10,16-17,20,26H,6-8,11-15H2,1-3H3,(H3,22,23,24). The van der Waals surface area contributed by atoms with Gasteiger partial charge in [0.25, 0.3) is 0 Å². The topological polar surface area (TPSA) is 73.9 Å². The number of benzene rings is 1. The molecule has 1 aromatic carbocycles. The number of fused-ring (bicyclic) bond motifs is 1. The minimum atomic E-state index is -0.489. The number of hydrogen-bond donors (Lipinski definition) is 3. The number of aliphatic hydroxyl groups excluding tert-OH is 1. The number of nitrogens with two attached hydrogens (primary N) is 1. The molecule has 5 heteroatoms. The lowest BCUT2D eigenvalue weighted by molar-refractivity contribution is 0.111. The lowest BCUT2D eigenvalue weighted by atomic mass is 10.00. The van der Waals surface area contributed by atoms with Crippen LogP contribution in [0.4, 0.5) is 0 Å². The summed E-state index contributed by atoms with van der Waals surface area (Å²) in [6, 6.07) is 8.86. The van der Waals surface area contributed by atoms with Crippen LogP contribution in [-0.2, 0) is 13.0 Å². The van der Waals surface area contributed by atoms with Crippen LogP contribution in [0.25, 0.3) is 0 Å². The molecule has 26 heavy (non-hydrogen) atoms. The number of aliphatic hydroxyl groups is 1. The van der Waals surface area contributed by atoms with Crippen molar-refractivity contribution in [2.24, 2.45) is 16.6 Å². The summed E-state index contributed by atoms with van der Waals surface area (Å²) in [5, 5.41) is 13.5. The summed E-state index contributed by atoms with van der Waals surface area (Å²) in [5.41, 5.74) is 8.76. The number of β-amino-alcohol motifs (C(OH)–C–C–N with tert-alkyl or cyclic N) is 1. The first-order valence-corrected chi connectivity index (χ1v) is 9.97. The zero-order valence-corrected chi connectivity index (χ0v) is 16.6. The molecule has 2 unspecified atom stereocenters. The molecule has 0 saturated carbocycles. The Balaban J connectivity index is 1.69. The van der Waals surface area contributed by atoms with Crippen LogP contribution >= 0.6 is 0 Å². The molecular weight excluding hydrogens is 324 g/mol. The van der Waals surface area contributed by atoms with E-state index in [0.717, 1.165) is 31.8 Å². The minimum absolute atomic E-state index is 0.313. The summed E-state index contributed by atoms with van der Waals surface area (Å²) in [6.07, 6.45) is 4.07. The number of nitrogens with one attached hydrogen (secondary N) is 1. The maximum Gasteiger partial charge on any atom is 0.188 e. The van der Waals surface area contributed by atoms with Gasteiger partial charge in [-0.15, -0.1) is 0 Å². The second-order valence-electron chi connectivity index (χ2n) is 8.00. The quantitative estimate of drug-likeness (QED) is 0.467. The molecule has 0 saturated heterocycles. The van der Waals surface area contributed by atoms with Gasteiger partial charge in [-0.2, -0.15) is 0 Å². The molecule has 0 radical (unpaired) electrons. The Labute approximate surface area is 158 Å². The van der Waals surface area contributed by atoms with Gasteiger partial charge < -0.3 is 16.2 Å². The molecule has 0 fully saturated rings. The number of rotatable bonds is 9. The summed E-state index contributed by atoms with van der Waals surface area (Å²) >= 11 is 0. The molecule has 1 aliphatic rings. The van der Waals surface area contributed by atoms with Crippen LogP contribution in [0.15, 0.2) is 29.3 Å². The Hall–Kier alpha value is -1.59. The zero-order chi connectivity index (χ0) is 18.9. The summed E-state index contributed by atoms with van der Waals surface area (Å²) < 4.78 is 0. The van der Waals surface area contributed by atoms with Gasteiger partial charge in [0, 0.05) is 25.7 Å². The summed E-state index contributed by atoms with van der Waals surface area (Å²) in [4.78, 5) is 6.62. The first-order chi connectivity index (χ1) is 12.4. The number of guanidine groups is 1. The smallest absolute Gasteiger partial charge is 0.188 e. The first kappa shape index (κ1) is 20.7. The maximum atomic E-state index is 10.3. The van der Waals surface area contributed by atoms with Crippen molar-refractivity contribution in [1.29, 1.82) is 0 Å². The SMILES string of the molecule is CC(C)CCCC(C)NC(N)=NCC(O)CN1CCc2ccccc2C1. The third kappa shape index (κ3) is 7.34. The fourth-order valence-electron chi connectivity index (χ4n) is 3.47. The number of nitrogens with zero attached hydrogens (tertiary/aromatic N) is 2. The Morgan fingerprint density at radius 3 is 2.69 bits per heavy atom. The molecule has 146 valence electrons. The monoisotopic (exact) mass is 360 g/mol. The fourth-order valence-corrected chi connectivity index (χ4v) is 3.47. The molecule has 0 aliphatic carbocycles. The highest BCUT2D eigenvalue weighted by Crippen LogP contribution is 2.18. The zero-order valence-electron chi connectivity index (χ0n) is 16.6. The highest BCUT2D eigenvalue weighted by atomic mass is 16.3. The van der Waals surface area contributed by atoms with E-state index in [9.17, 15) is 5.11 Å².